The fraction of sp³-hybridized carbons (Fsp3) is 0.667. The van der Waals surface area contributed by atoms with Crippen LogP contribution in [0.4, 0.5) is 0 Å². The Bertz CT molecular complexity index is 400. The fourth-order valence-corrected chi connectivity index (χ4v) is 2.56. The van der Waals surface area contributed by atoms with E-state index in [2.05, 4.69) is 48.3 Å². The van der Waals surface area contributed by atoms with Crippen molar-refractivity contribution in [3.8, 4) is 0 Å². The number of hydrogen-bond donors (Lipinski definition) is 1. The minimum absolute atomic E-state index is 0.737. The van der Waals surface area contributed by atoms with Crippen LogP contribution in [0.3, 0.4) is 0 Å². The summed E-state index contributed by atoms with van der Waals surface area (Å²) in [5, 5.41) is 3.58. The van der Waals surface area contributed by atoms with E-state index in [0.717, 1.165) is 51.9 Å². The molecule has 1 fully saturated rings. The number of ether oxygens (including phenoxy) is 1. The summed E-state index contributed by atoms with van der Waals surface area (Å²) in [6.07, 6.45) is 3.82. The van der Waals surface area contributed by atoms with Crippen LogP contribution < -0.4 is 5.32 Å². The molecule has 3 nitrogen and oxygen atoms in total. The largest absolute Gasteiger partial charge is 0.375 e. The molecule has 1 aromatic rings. The molecule has 1 aliphatic carbocycles. The zero-order chi connectivity index (χ0) is 14.9. The molecular weight excluding hydrogens is 260 g/mol. The van der Waals surface area contributed by atoms with Gasteiger partial charge in [0.2, 0.25) is 0 Å². The summed E-state index contributed by atoms with van der Waals surface area (Å²) in [6.45, 7) is 10.3. The summed E-state index contributed by atoms with van der Waals surface area (Å²) in [5.74, 6) is 0. The van der Waals surface area contributed by atoms with E-state index in [4.69, 9.17) is 4.74 Å². The lowest BCUT2D eigenvalue weighted by molar-refractivity contribution is 0.0952. The van der Waals surface area contributed by atoms with E-state index >= 15 is 0 Å². The third kappa shape index (κ3) is 6.16. The van der Waals surface area contributed by atoms with Gasteiger partial charge in [0, 0.05) is 12.6 Å². The van der Waals surface area contributed by atoms with Crippen molar-refractivity contribution in [1.82, 2.24) is 10.2 Å². The van der Waals surface area contributed by atoms with E-state index in [-0.39, 0.29) is 0 Å². The van der Waals surface area contributed by atoms with E-state index < -0.39 is 0 Å². The predicted molar refractivity (Wildman–Crippen MR) is 88.6 cm³/mol. The first-order valence-corrected chi connectivity index (χ1v) is 8.43. The van der Waals surface area contributed by atoms with Gasteiger partial charge in [-0.05, 0) is 50.0 Å². The van der Waals surface area contributed by atoms with Crippen molar-refractivity contribution in [2.75, 3.05) is 32.8 Å². The Morgan fingerprint density at radius 2 is 1.86 bits per heavy atom. The summed E-state index contributed by atoms with van der Waals surface area (Å²) in [7, 11) is 0. The monoisotopic (exact) mass is 290 g/mol. The quantitative estimate of drug-likeness (QED) is 0.634. The predicted octanol–water partition coefficient (Wildman–Crippen LogP) is 2.84. The third-order valence-electron chi connectivity index (χ3n) is 4.23. The van der Waals surface area contributed by atoms with Crippen molar-refractivity contribution in [2.24, 2.45) is 0 Å². The molecule has 0 aliphatic heterocycles. The highest BCUT2D eigenvalue weighted by Crippen LogP contribution is 2.18. The maximum absolute atomic E-state index is 5.87. The zero-order valence-electron chi connectivity index (χ0n) is 13.6. The third-order valence-corrected chi connectivity index (χ3v) is 4.23. The van der Waals surface area contributed by atoms with Gasteiger partial charge in [-0.1, -0.05) is 38.1 Å². The maximum atomic E-state index is 5.87. The Kier molecular flexibility index (Phi) is 7.20. The molecule has 118 valence electrons. The highest BCUT2D eigenvalue weighted by Gasteiger charge is 2.19. The zero-order valence-corrected chi connectivity index (χ0v) is 13.6. The van der Waals surface area contributed by atoms with Gasteiger partial charge >= 0.3 is 0 Å². The van der Waals surface area contributed by atoms with E-state index in [0.29, 0.717) is 0 Å². The normalized spacial score (nSPS) is 14.8. The summed E-state index contributed by atoms with van der Waals surface area (Å²) in [5.41, 5.74) is 2.77. The van der Waals surface area contributed by atoms with Crippen molar-refractivity contribution in [2.45, 2.75) is 45.8 Å². The number of hydrogen-bond acceptors (Lipinski definition) is 3. The lowest BCUT2D eigenvalue weighted by Gasteiger charge is -2.18. The smallest absolute Gasteiger partial charge is 0.0720 e. The average molecular weight is 290 g/mol. The molecule has 0 radical (unpaired) electrons. The molecular formula is C18H30N2O. The highest BCUT2D eigenvalue weighted by molar-refractivity contribution is 5.26. The highest BCUT2D eigenvalue weighted by atomic mass is 16.5. The first kappa shape index (κ1) is 16.5. The fourth-order valence-electron chi connectivity index (χ4n) is 2.56. The molecule has 0 unspecified atom stereocenters. The van der Waals surface area contributed by atoms with Gasteiger partial charge in [0.1, 0.15) is 0 Å². The van der Waals surface area contributed by atoms with E-state index in [1.807, 2.05) is 0 Å². The van der Waals surface area contributed by atoms with Crippen LogP contribution in [0.5, 0.6) is 0 Å². The molecule has 0 heterocycles. The van der Waals surface area contributed by atoms with Gasteiger partial charge in [0.05, 0.1) is 13.2 Å². The van der Waals surface area contributed by atoms with E-state index in [9.17, 15) is 0 Å². The number of benzene rings is 1. The number of nitrogens with one attached hydrogen (secondary N) is 1. The summed E-state index contributed by atoms with van der Waals surface area (Å²) >= 11 is 0. The van der Waals surface area contributed by atoms with Gasteiger partial charge in [-0.3, -0.25) is 0 Å². The van der Waals surface area contributed by atoms with Gasteiger partial charge in [-0.15, -0.1) is 0 Å². The lowest BCUT2D eigenvalue weighted by Crippen LogP contribution is -2.27. The number of likely N-dealkylation sites (N-methyl/N-ethyl adjacent to an activating group) is 1. The molecule has 3 heteroatoms. The first-order chi connectivity index (χ1) is 10.3. The Labute approximate surface area is 129 Å². The Hall–Kier alpha value is -0.900. The van der Waals surface area contributed by atoms with Crippen molar-refractivity contribution in [3.63, 3.8) is 0 Å². The molecule has 0 amide bonds. The maximum Gasteiger partial charge on any atom is 0.0720 e. The first-order valence-electron chi connectivity index (χ1n) is 8.43. The molecule has 0 aromatic heterocycles. The van der Waals surface area contributed by atoms with Gasteiger partial charge in [-0.25, -0.2) is 0 Å². The van der Waals surface area contributed by atoms with Crippen LogP contribution in [-0.4, -0.2) is 43.7 Å². The summed E-state index contributed by atoms with van der Waals surface area (Å²) < 4.78 is 5.87. The van der Waals surface area contributed by atoms with Gasteiger partial charge < -0.3 is 15.0 Å². The molecule has 0 atom stereocenters. The number of nitrogens with zero attached hydrogens (tertiary/aromatic N) is 1. The van der Waals surface area contributed by atoms with Gasteiger partial charge in [-0.2, -0.15) is 0 Å². The van der Waals surface area contributed by atoms with Crippen molar-refractivity contribution < 1.29 is 4.74 Å². The molecule has 21 heavy (non-hydrogen) atoms. The minimum Gasteiger partial charge on any atom is -0.375 e. The molecule has 0 bridgehead atoms. The van der Waals surface area contributed by atoms with Crippen LogP contribution in [0.1, 0.15) is 37.8 Å². The Morgan fingerprint density at radius 3 is 2.52 bits per heavy atom. The standard InChI is InChI=1S/C18H30N2O/c1-3-20(4-2)13-14-21-15-17-8-6-5-7-16(17)11-12-19-18-9-10-18/h5-8,18-19H,3-4,9-15H2,1-2H3. The molecule has 1 aromatic carbocycles. The average Bonchev–Trinajstić information content (AvgIpc) is 3.33. The number of rotatable bonds is 11. The molecule has 2 rings (SSSR count). The molecule has 0 spiro atoms. The van der Waals surface area contributed by atoms with Crippen LogP contribution in [0.15, 0.2) is 24.3 Å². The minimum atomic E-state index is 0.737. The van der Waals surface area contributed by atoms with Crippen LogP contribution in [0.2, 0.25) is 0 Å². The molecule has 1 N–H and O–H groups in total. The lowest BCUT2D eigenvalue weighted by atomic mass is 10.1. The van der Waals surface area contributed by atoms with Crippen molar-refractivity contribution in [1.29, 1.82) is 0 Å². The van der Waals surface area contributed by atoms with Crippen molar-refractivity contribution >= 4 is 0 Å². The molecule has 1 aliphatic rings. The SMILES string of the molecule is CCN(CC)CCOCc1ccccc1CCNC1CC1. The van der Waals surface area contributed by atoms with Crippen molar-refractivity contribution in [3.05, 3.63) is 35.4 Å². The molecule has 1 saturated carbocycles. The van der Waals surface area contributed by atoms with Gasteiger partial charge in [0.25, 0.3) is 0 Å². The Balaban J connectivity index is 1.70. The second-order valence-corrected chi connectivity index (χ2v) is 5.83. The van der Waals surface area contributed by atoms with Crippen LogP contribution in [0, 0.1) is 0 Å². The van der Waals surface area contributed by atoms with Crippen LogP contribution in [-0.2, 0) is 17.8 Å². The Morgan fingerprint density at radius 1 is 1.14 bits per heavy atom. The van der Waals surface area contributed by atoms with Crippen LogP contribution >= 0.6 is 0 Å². The summed E-state index contributed by atoms with van der Waals surface area (Å²) in [6, 6.07) is 9.47. The van der Waals surface area contributed by atoms with Gasteiger partial charge in [0.15, 0.2) is 0 Å². The topological polar surface area (TPSA) is 24.5 Å². The van der Waals surface area contributed by atoms with E-state index in [1.165, 1.54) is 24.0 Å². The van der Waals surface area contributed by atoms with Crippen LogP contribution in [0.25, 0.3) is 0 Å². The second-order valence-electron chi connectivity index (χ2n) is 5.83. The molecule has 0 saturated heterocycles. The second kappa shape index (κ2) is 9.19. The van der Waals surface area contributed by atoms with E-state index in [1.54, 1.807) is 0 Å². The summed E-state index contributed by atoms with van der Waals surface area (Å²) in [4.78, 5) is 2.39.